The second-order valence-corrected chi connectivity index (χ2v) is 4.80. The van der Waals surface area contributed by atoms with E-state index in [9.17, 15) is 4.79 Å². The molecule has 0 atom stereocenters. The van der Waals surface area contributed by atoms with Crippen molar-refractivity contribution < 1.29 is 4.79 Å². The molecule has 1 amide bonds. The Bertz CT molecular complexity index is 837. The lowest BCUT2D eigenvalue weighted by Gasteiger charge is -2.07. The van der Waals surface area contributed by atoms with Gasteiger partial charge in [0.15, 0.2) is 0 Å². The molecular weight excluding hydrogens is 286 g/mol. The second-order valence-electron chi connectivity index (χ2n) is 4.36. The van der Waals surface area contributed by atoms with Crippen molar-refractivity contribution in [3.8, 4) is 0 Å². The van der Waals surface area contributed by atoms with Crippen molar-refractivity contribution >= 4 is 39.7 Å². The number of nitrogens with zero attached hydrogens (tertiary/aromatic N) is 2. The smallest absolute Gasteiger partial charge is 0.276 e. The summed E-state index contributed by atoms with van der Waals surface area (Å²) in [5, 5.41) is 10.9. The fourth-order valence-electron chi connectivity index (χ4n) is 2.04. The van der Waals surface area contributed by atoms with E-state index >= 15 is 0 Å². The Hall–Kier alpha value is -2.80. The number of pyridine rings is 1. The maximum atomic E-state index is 12.4. The highest BCUT2D eigenvalue weighted by atomic mass is 32.1. The molecule has 104 valence electrons. The Morgan fingerprint density at radius 1 is 1.29 bits per heavy atom. The summed E-state index contributed by atoms with van der Waals surface area (Å²) in [5.74, 6) is 0.00999. The highest BCUT2D eigenvalue weighted by Crippen LogP contribution is 2.18. The highest BCUT2D eigenvalue weighted by Gasteiger charge is 2.15. The van der Waals surface area contributed by atoms with Gasteiger partial charge < -0.3 is 11.1 Å². The summed E-state index contributed by atoms with van der Waals surface area (Å²) in [4.78, 5) is 16.7. The Balaban J connectivity index is 1.98. The number of nitrogens with two attached hydrogens (primary N) is 1. The SMILES string of the molecule is NC(=S)c1cn[nH]c1NC(=O)c1nccc2ccccc12. The first-order valence-corrected chi connectivity index (χ1v) is 6.56. The van der Waals surface area contributed by atoms with Crippen LogP contribution in [0.3, 0.4) is 0 Å². The van der Waals surface area contributed by atoms with Crippen LogP contribution in [0.4, 0.5) is 5.82 Å². The van der Waals surface area contributed by atoms with Gasteiger partial charge in [-0.2, -0.15) is 5.10 Å². The summed E-state index contributed by atoms with van der Waals surface area (Å²) in [6.45, 7) is 0. The Morgan fingerprint density at radius 3 is 2.90 bits per heavy atom. The first-order valence-electron chi connectivity index (χ1n) is 6.15. The van der Waals surface area contributed by atoms with Crippen molar-refractivity contribution in [1.82, 2.24) is 15.2 Å². The lowest BCUT2D eigenvalue weighted by molar-refractivity contribution is 0.102. The summed E-state index contributed by atoms with van der Waals surface area (Å²) in [6.07, 6.45) is 3.06. The van der Waals surface area contributed by atoms with Crippen LogP contribution in [0.1, 0.15) is 16.1 Å². The molecule has 1 aromatic carbocycles. The second kappa shape index (κ2) is 5.29. The van der Waals surface area contributed by atoms with Crippen molar-refractivity contribution in [2.24, 2.45) is 5.73 Å². The quantitative estimate of drug-likeness (QED) is 0.641. The number of benzene rings is 1. The molecule has 3 rings (SSSR count). The van der Waals surface area contributed by atoms with Crippen LogP contribution in [0.2, 0.25) is 0 Å². The number of H-pyrrole nitrogens is 1. The molecule has 0 aliphatic rings. The molecule has 0 fully saturated rings. The van der Waals surface area contributed by atoms with Crippen molar-refractivity contribution in [2.45, 2.75) is 0 Å². The van der Waals surface area contributed by atoms with Gasteiger partial charge in [0.1, 0.15) is 16.5 Å². The minimum atomic E-state index is -0.353. The van der Waals surface area contributed by atoms with Crippen LogP contribution < -0.4 is 11.1 Å². The summed E-state index contributed by atoms with van der Waals surface area (Å²) in [6, 6.07) is 9.38. The topological polar surface area (TPSA) is 96.7 Å². The van der Waals surface area contributed by atoms with E-state index < -0.39 is 0 Å². The van der Waals surface area contributed by atoms with Gasteiger partial charge in [0, 0.05) is 11.6 Å². The fourth-order valence-corrected chi connectivity index (χ4v) is 2.20. The molecule has 7 heteroatoms. The number of carbonyl (C=O) groups excluding carboxylic acids is 1. The molecule has 0 unspecified atom stereocenters. The van der Waals surface area contributed by atoms with E-state index in [2.05, 4.69) is 20.5 Å². The van der Waals surface area contributed by atoms with Crippen molar-refractivity contribution in [3.05, 3.63) is 54.0 Å². The molecular formula is C14H11N5OS. The number of carbonyl (C=O) groups is 1. The largest absolute Gasteiger partial charge is 0.389 e. The molecule has 21 heavy (non-hydrogen) atoms. The number of fused-ring (bicyclic) bond motifs is 1. The number of aromatic nitrogens is 3. The van der Waals surface area contributed by atoms with Crippen molar-refractivity contribution in [2.75, 3.05) is 5.32 Å². The molecule has 0 bridgehead atoms. The highest BCUT2D eigenvalue weighted by molar-refractivity contribution is 7.80. The maximum Gasteiger partial charge on any atom is 0.276 e. The maximum absolute atomic E-state index is 12.4. The lowest BCUT2D eigenvalue weighted by Crippen LogP contribution is -2.18. The van der Waals surface area contributed by atoms with Crippen LogP contribution in [0.25, 0.3) is 10.8 Å². The molecule has 0 saturated carbocycles. The Labute approximate surface area is 125 Å². The zero-order valence-electron chi connectivity index (χ0n) is 10.8. The van der Waals surface area contributed by atoms with Gasteiger partial charge >= 0.3 is 0 Å². The Kier molecular flexibility index (Phi) is 3.33. The first kappa shape index (κ1) is 13.2. The van der Waals surface area contributed by atoms with Gasteiger partial charge in [-0.1, -0.05) is 36.5 Å². The van der Waals surface area contributed by atoms with E-state index in [0.717, 1.165) is 10.8 Å². The molecule has 2 heterocycles. The standard InChI is InChI=1S/C14H11N5OS/c15-12(21)10-7-17-19-13(10)18-14(20)11-9-4-2-1-3-8(9)5-6-16-11/h1-7H,(H2,15,21)(H2,17,18,19,20). The predicted octanol–water partition coefficient (Wildman–Crippen LogP) is 1.84. The minimum Gasteiger partial charge on any atom is -0.389 e. The molecule has 0 aliphatic heterocycles. The van der Waals surface area contributed by atoms with E-state index in [1.54, 1.807) is 6.20 Å². The van der Waals surface area contributed by atoms with Gasteiger partial charge in [0.2, 0.25) is 0 Å². The average molecular weight is 297 g/mol. The van der Waals surface area contributed by atoms with Gasteiger partial charge in [-0.05, 0) is 11.5 Å². The number of amides is 1. The van der Waals surface area contributed by atoms with Gasteiger partial charge in [-0.25, -0.2) is 0 Å². The van der Waals surface area contributed by atoms with Crippen LogP contribution in [0.5, 0.6) is 0 Å². The van der Waals surface area contributed by atoms with E-state index in [4.69, 9.17) is 18.0 Å². The van der Waals surface area contributed by atoms with E-state index in [1.807, 2.05) is 30.3 Å². The molecule has 0 aliphatic carbocycles. The Morgan fingerprint density at radius 2 is 2.10 bits per heavy atom. The third-order valence-corrected chi connectivity index (χ3v) is 3.25. The fraction of sp³-hybridized carbons (Fsp3) is 0. The third-order valence-electron chi connectivity index (χ3n) is 3.03. The number of aromatic amines is 1. The normalized spacial score (nSPS) is 10.5. The molecule has 0 spiro atoms. The molecule has 3 aromatic rings. The molecule has 4 N–H and O–H groups in total. The molecule has 0 radical (unpaired) electrons. The van der Waals surface area contributed by atoms with Crippen LogP contribution in [-0.2, 0) is 0 Å². The summed E-state index contributed by atoms with van der Waals surface area (Å²) in [7, 11) is 0. The molecule has 2 aromatic heterocycles. The van der Waals surface area contributed by atoms with Crippen molar-refractivity contribution in [1.29, 1.82) is 0 Å². The number of anilines is 1. The summed E-state index contributed by atoms with van der Waals surface area (Å²) in [5.41, 5.74) is 6.38. The lowest BCUT2D eigenvalue weighted by atomic mass is 10.1. The number of hydrogen-bond acceptors (Lipinski definition) is 4. The number of thiocarbonyl (C=S) groups is 1. The van der Waals surface area contributed by atoms with Crippen LogP contribution in [0, 0.1) is 0 Å². The monoisotopic (exact) mass is 297 g/mol. The zero-order valence-corrected chi connectivity index (χ0v) is 11.6. The number of hydrogen-bond donors (Lipinski definition) is 3. The van der Waals surface area contributed by atoms with E-state index in [0.29, 0.717) is 17.1 Å². The van der Waals surface area contributed by atoms with Crippen LogP contribution >= 0.6 is 12.2 Å². The predicted molar refractivity (Wildman–Crippen MR) is 84.2 cm³/mol. The van der Waals surface area contributed by atoms with Crippen molar-refractivity contribution in [3.63, 3.8) is 0 Å². The van der Waals surface area contributed by atoms with Gasteiger partial charge in [-0.15, -0.1) is 0 Å². The summed E-state index contributed by atoms with van der Waals surface area (Å²) >= 11 is 4.90. The zero-order chi connectivity index (χ0) is 14.8. The molecule has 6 nitrogen and oxygen atoms in total. The summed E-state index contributed by atoms with van der Waals surface area (Å²) < 4.78 is 0. The average Bonchev–Trinajstić information content (AvgIpc) is 2.95. The molecule has 0 saturated heterocycles. The van der Waals surface area contributed by atoms with Crippen LogP contribution in [0.15, 0.2) is 42.7 Å². The number of nitrogens with one attached hydrogen (secondary N) is 2. The van der Waals surface area contributed by atoms with Crippen LogP contribution in [-0.4, -0.2) is 26.1 Å². The minimum absolute atomic E-state index is 0.157. The van der Waals surface area contributed by atoms with E-state index in [-0.39, 0.29) is 10.9 Å². The number of rotatable bonds is 3. The van der Waals surface area contributed by atoms with Gasteiger partial charge in [0.25, 0.3) is 5.91 Å². The van der Waals surface area contributed by atoms with Gasteiger partial charge in [-0.3, -0.25) is 14.9 Å². The van der Waals surface area contributed by atoms with E-state index in [1.165, 1.54) is 6.20 Å². The first-order chi connectivity index (χ1) is 10.2. The third kappa shape index (κ3) is 2.46. The van der Waals surface area contributed by atoms with Gasteiger partial charge in [0.05, 0.1) is 11.8 Å².